The molecule has 0 bridgehead atoms. The number of hydrogen-bond acceptors (Lipinski definition) is 3. The highest BCUT2D eigenvalue weighted by Crippen LogP contribution is 2.42. The van der Waals surface area contributed by atoms with Crippen LogP contribution in [-0.2, 0) is 0 Å². The summed E-state index contributed by atoms with van der Waals surface area (Å²) >= 11 is 0. The predicted octanol–water partition coefficient (Wildman–Crippen LogP) is 12.5. The van der Waals surface area contributed by atoms with E-state index in [4.69, 9.17) is 21.8 Å². The fourth-order valence-corrected chi connectivity index (χ4v) is 8.67. The van der Waals surface area contributed by atoms with Crippen LogP contribution in [-0.4, -0.2) is 28.7 Å². The third-order valence-electron chi connectivity index (χ3n) is 11.0. The van der Waals surface area contributed by atoms with Crippen molar-refractivity contribution in [1.82, 2.24) is 28.7 Å². The van der Waals surface area contributed by atoms with Crippen LogP contribution in [0.15, 0.2) is 194 Å². The van der Waals surface area contributed by atoms with Gasteiger partial charge < -0.3 is 9.13 Å². The Hall–Kier alpha value is -7.83. The number of para-hydroxylation sites is 5. The third kappa shape index (κ3) is 4.68. The minimum atomic E-state index is -0.490. The molecular weight excluding hydrogens is 697 g/mol. The summed E-state index contributed by atoms with van der Waals surface area (Å²) < 4.78 is 50.5. The number of benzene rings is 8. The summed E-state index contributed by atoms with van der Waals surface area (Å²) in [6.07, 6.45) is 0. The van der Waals surface area contributed by atoms with Crippen molar-refractivity contribution < 1.29 is 6.85 Å². The third-order valence-corrected chi connectivity index (χ3v) is 11.0. The molecule has 0 N–H and O–H groups in total. The quantitative estimate of drug-likeness (QED) is 0.177. The lowest BCUT2D eigenvalue weighted by Crippen LogP contribution is -2.07. The molecule has 12 aromatic rings. The number of fused-ring (bicyclic) bond motifs is 10. The summed E-state index contributed by atoms with van der Waals surface area (Å²) in [7, 11) is 0. The first-order valence-corrected chi connectivity index (χ1v) is 18.8. The molecule has 266 valence electrons. The second-order valence-corrected chi connectivity index (χ2v) is 14.1. The van der Waals surface area contributed by atoms with Gasteiger partial charge in [0.15, 0.2) is 11.6 Å². The van der Waals surface area contributed by atoms with E-state index in [1.807, 2.05) is 89.5 Å². The summed E-state index contributed by atoms with van der Waals surface area (Å²) in [6, 6.07) is 53.3. The van der Waals surface area contributed by atoms with E-state index >= 15 is 0 Å². The van der Waals surface area contributed by atoms with Gasteiger partial charge in [-0.1, -0.05) is 145 Å². The molecule has 4 aromatic heterocycles. The van der Waals surface area contributed by atoms with Crippen LogP contribution in [0.25, 0.3) is 106 Å². The molecule has 0 aliphatic carbocycles. The Bertz CT molecular complexity index is 3790. The molecule has 0 amide bonds. The first-order valence-electron chi connectivity index (χ1n) is 21.3. The topological polar surface area (TPSA) is 53.5 Å². The summed E-state index contributed by atoms with van der Waals surface area (Å²) in [5.74, 6) is 0.497. The maximum Gasteiger partial charge on any atom is 0.238 e. The van der Waals surface area contributed by atoms with Crippen molar-refractivity contribution >= 4 is 65.4 Å². The second kappa shape index (κ2) is 12.3. The Balaban J connectivity index is 1.26. The molecule has 0 saturated heterocycles. The maximum absolute atomic E-state index is 9.10. The standard InChI is InChI=1S/C51H32N6/c1-4-17-33(18-5-1)49-52-50(41-26-16-30-45-46(41)40-25-12-15-29-44(40)55(45)34-19-6-2-7-20-34)54-51(53-49)57-43-28-14-11-24-37(43)39-32-31-38-36-23-10-13-27-42(36)56(47(38)48(39)57)35-21-8-3-9-22-35/h1-32H/i1D,4D,5D,17D,18D. The number of hydrogen-bond donors (Lipinski definition) is 0. The highest BCUT2D eigenvalue weighted by atomic mass is 15.2. The molecule has 0 fully saturated rings. The van der Waals surface area contributed by atoms with Gasteiger partial charge in [-0.25, -0.2) is 4.98 Å². The van der Waals surface area contributed by atoms with Crippen LogP contribution < -0.4 is 0 Å². The van der Waals surface area contributed by atoms with Crippen LogP contribution >= 0.6 is 0 Å². The van der Waals surface area contributed by atoms with E-state index in [2.05, 4.69) is 88.0 Å². The monoisotopic (exact) mass is 733 g/mol. The number of aromatic nitrogens is 6. The van der Waals surface area contributed by atoms with Crippen molar-refractivity contribution in [3.05, 3.63) is 194 Å². The highest BCUT2D eigenvalue weighted by Gasteiger charge is 2.24. The lowest BCUT2D eigenvalue weighted by atomic mass is 10.1. The first kappa shape index (κ1) is 26.9. The van der Waals surface area contributed by atoms with E-state index in [0.717, 1.165) is 76.8 Å². The predicted molar refractivity (Wildman–Crippen MR) is 234 cm³/mol. The van der Waals surface area contributed by atoms with Crippen LogP contribution in [0.2, 0.25) is 0 Å². The zero-order valence-corrected chi connectivity index (χ0v) is 30.3. The molecule has 0 aliphatic rings. The SMILES string of the molecule is [2H]c1c([2H])c([2H])c(-c2nc(-c3cccc4c3c3ccccc3n4-c3ccccc3)nc(-n3c4ccccc4c4ccc5c6ccccc6n(-c6ccccc6)c5c43)n2)c([2H])c1[2H]. The van der Waals surface area contributed by atoms with E-state index in [-0.39, 0.29) is 17.3 Å². The van der Waals surface area contributed by atoms with Crippen LogP contribution in [0.4, 0.5) is 0 Å². The van der Waals surface area contributed by atoms with E-state index in [9.17, 15) is 0 Å². The van der Waals surface area contributed by atoms with Crippen molar-refractivity contribution in [2.45, 2.75) is 0 Å². The van der Waals surface area contributed by atoms with Gasteiger partial charge in [-0.3, -0.25) is 4.57 Å². The zero-order chi connectivity index (χ0) is 41.8. The van der Waals surface area contributed by atoms with Crippen LogP contribution in [0.5, 0.6) is 0 Å². The fourth-order valence-electron chi connectivity index (χ4n) is 8.67. The van der Waals surface area contributed by atoms with Crippen LogP contribution in [0, 0.1) is 0 Å². The lowest BCUT2D eigenvalue weighted by molar-refractivity contribution is 0.954. The van der Waals surface area contributed by atoms with Gasteiger partial charge in [0, 0.05) is 54.8 Å². The minimum absolute atomic E-state index is 0.0347. The molecule has 12 rings (SSSR count). The average Bonchev–Trinajstić information content (AvgIpc) is 3.97. The lowest BCUT2D eigenvalue weighted by Gasteiger charge is -2.13. The van der Waals surface area contributed by atoms with Crippen molar-refractivity contribution in [1.29, 1.82) is 0 Å². The van der Waals surface area contributed by atoms with Gasteiger partial charge >= 0.3 is 0 Å². The van der Waals surface area contributed by atoms with Gasteiger partial charge in [-0.2, -0.15) is 9.97 Å². The van der Waals surface area contributed by atoms with Gasteiger partial charge in [0.05, 0.1) is 40.0 Å². The summed E-state index contributed by atoms with van der Waals surface area (Å²) in [5, 5.41) is 5.98. The molecule has 0 atom stereocenters. The Kier molecular flexibility index (Phi) is 5.82. The molecule has 0 spiro atoms. The Labute approximate surface area is 334 Å². The molecular formula is C51H32N6. The van der Waals surface area contributed by atoms with Gasteiger partial charge in [0.25, 0.3) is 0 Å². The summed E-state index contributed by atoms with van der Waals surface area (Å²) in [5.41, 5.74) is 8.19. The number of nitrogens with zero attached hydrogens (tertiary/aromatic N) is 6. The summed E-state index contributed by atoms with van der Waals surface area (Å²) in [4.78, 5) is 15.5. The van der Waals surface area contributed by atoms with Gasteiger partial charge in [-0.05, 0) is 48.5 Å². The van der Waals surface area contributed by atoms with E-state index < -0.39 is 30.2 Å². The van der Waals surface area contributed by atoms with E-state index in [0.29, 0.717) is 11.4 Å². The molecule has 0 aliphatic heterocycles. The van der Waals surface area contributed by atoms with E-state index in [1.165, 1.54) is 0 Å². The van der Waals surface area contributed by atoms with Gasteiger partial charge in [-0.15, -0.1) is 0 Å². The summed E-state index contributed by atoms with van der Waals surface area (Å²) in [6.45, 7) is 0. The molecule has 4 heterocycles. The molecule has 6 heteroatoms. The average molecular weight is 734 g/mol. The molecule has 6 nitrogen and oxygen atoms in total. The number of rotatable bonds is 5. The van der Waals surface area contributed by atoms with Crippen LogP contribution in [0.3, 0.4) is 0 Å². The molecule has 57 heavy (non-hydrogen) atoms. The molecule has 0 unspecified atom stereocenters. The molecule has 8 aromatic carbocycles. The Morgan fingerprint density at radius 3 is 1.54 bits per heavy atom. The molecule has 0 saturated carbocycles. The van der Waals surface area contributed by atoms with Crippen LogP contribution in [0.1, 0.15) is 6.85 Å². The molecule has 0 radical (unpaired) electrons. The maximum atomic E-state index is 9.10. The van der Waals surface area contributed by atoms with Crippen molar-refractivity contribution in [3.8, 4) is 40.1 Å². The minimum Gasteiger partial charge on any atom is -0.309 e. The zero-order valence-electron chi connectivity index (χ0n) is 35.3. The Morgan fingerprint density at radius 2 is 0.877 bits per heavy atom. The normalized spacial score (nSPS) is 13.1. The van der Waals surface area contributed by atoms with Gasteiger partial charge in [0.2, 0.25) is 5.95 Å². The van der Waals surface area contributed by atoms with Crippen molar-refractivity contribution in [3.63, 3.8) is 0 Å². The second-order valence-electron chi connectivity index (χ2n) is 14.1. The van der Waals surface area contributed by atoms with Gasteiger partial charge in [0.1, 0.15) is 0 Å². The smallest absolute Gasteiger partial charge is 0.238 e. The highest BCUT2D eigenvalue weighted by molar-refractivity contribution is 6.24. The fraction of sp³-hybridized carbons (Fsp3) is 0. The largest absolute Gasteiger partial charge is 0.309 e. The first-order chi connectivity index (χ1) is 30.4. The Morgan fingerprint density at radius 1 is 0.368 bits per heavy atom. The van der Waals surface area contributed by atoms with Crippen molar-refractivity contribution in [2.24, 2.45) is 0 Å². The van der Waals surface area contributed by atoms with Crippen molar-refractivity contribution in [2.75, 3.05) is 0 Å². The van der Waals surface area contributed by atoms with E-state index in [1.54, 1.807) is 0 Å².